The first-order chi connectivity index (χ1) is 9.81. The monoisotopic (exact) mass is 266 g/mol. The molecular weight excluding hydrogens is 244 g/mol. The van der Waals surface area contributed by atoms with Crippen LogP contribution in [-0.4, -0.2) is 6.54 Å². The van der Waals surface area contributed by atoms with Crippen LogP contribution in [0.25, 0.3) is 0 Å². The van der Waals surface area contributed by atoms with Crippen molar-refractivity contribution in [2.24, 2.45) is 0 Å². The zero-order chi connectivity index (χ0) is 13.8. The highest BCUT2D eigenvalue weighted by atomic mass is 14.8. The summed E-state index contributed by atoms with van der Waals surface area (Å²) in [6.45, 7) is 1.92. The Morgan fingerprint density at radius 2 is 1.65 bits per heavy atom. The van der Waals surface area contributed by atoms with Crippen molar-refractivity contribution in [3.63, 3.8) is 0 Å². The number of anilines is 1. The molecule has 0 saturated carbocycles. The van der Waals surface area contributed by atoms with Gasteiger partial charge in [-0.3, -0.25) is 0 Å². The Balaban J connectivity index is 1.47. The maximum Gasteiger partial charge on any atom is 0.0314 e. The second-order valence-corrected chi connectivity index (χ2v) is 5.62. The Hall–Kier alpha value is -1.80. The van der Waals surface area contributed by atoms with Crippen LogP contribution in [0.1, 0.15) is 28.7 Å². The van der Waals surface area contributed by atoms with Crippen molar-refractivity contribution in [2.75, 3.05) is 12.3 Å². The number of fused-ring (bicyclic) bond motifs is 1. The summed E-state index contributed by atoms with van der Waals surface area (Å²) in [5.41, 5.74) is 12.4. The zero-order valence-corrected chi connectivity index (χ0v) is 11.9. The molecule has 0 radical (unpaired) electrons. The minimum absolute atomic E-state index is 0.826. The highest BCUT2D eigenvalue weighted by Crippen LogP contribution is 2.22. The van der Waals surface area contributed by atoms with Crippen LogP contribution in [0.2, 0.25) is 0 Å². The van der Waals surface area contributed by atoms with Crippen molar-refractivity contribution in [3.8, 4) is 0 Å². The summed E-state index contributed by atoms with van der Waals surface area (Å²) in [6, 6.07) is 15.1. The number of benzene rings is 2. The van der Waals surface area contributed by atoms with Crippen LogP contribution in [0.4, 0.5) is 5.69 Å². The van der Waals surface area contributed by atoms with Crippen molar-refractivity contribution >= 4 is 5.69 Å². The van der Waals surface area contributed by atoms with Crippen LogP contribution in [0.15, 0.2) is 42.5 Å². The van der Waals surface area contributed by atoms with Crippen molar-refractivity contribution in [2.45, 2.75) is 32.2 Å². The number of hydrogen-bond donors (Lipinski definition) is 2. The molecule has 0 amide bonds. The van der Waals surface area contributed by atoms with E-state index in [0.29, 0.717) is 0 Å². The van der Waals surface area contributed by atoms with E-state index in [4.69, 9.17) is 5.73 Å². The van der Waals surface area contributed by atoms with E-state index in [1.807, 2.05) is 12.1 Å². The Morgan fingerprint density at radius 3 is 2.50 bits per heavy atom. The maximum atomic E-state index is 5.68. The van der Waals surface area contributed by atoms with Crippen molar-refractivity contribution in [3.05, 3.63) is 64.7 Å². The fourth-order valence-electron chi connectivity index (χ4n) is 2.88. The lowest BCUT2D eigenvalue weighted by molar-refractivity contribution is 0.687. The van der Waals surface area contributed by atoms with Gasteiger partial charge in [-0.1, -0.05) is 30.3 Å². The largest absolute Gasteiger partial charge is 0.399 e. The van der Waals surface area contributed by atoms with Gasteiger partial charge in [0.1, 0.15) is 0 Å². The first-order valence-corrected chi connectivity index (χ1v) is 7.47. The molecule has 2 nitrogen and oxygen atoms in total. The molecule has 0 aromatic heterocycles. The molecule has 0 aliphatic heterocycles. The summed E-state index contributed by atoms with van der Waals surface area (Å²) < 4.78 is 0. The van der Waals surface area contributed by atoms with Gasteiger partial charge in [0.15, 0.2) is 0 Å². The number of rotatable bonds is 5. The summed E-state index contributed by atoms with van der Waals surface area (Å²) in [5, 5.41) is 3.50. The number of hydrogen-bond acceptors (Lipinski definition) is 2. The molecule has 20 heavy (non-hydrogen) atoms. The molecule has 1 aliphatic rings. The smallest absolute Gasteiger partial charge is 0.0314 e. The lowest BCUT2D eigenvalue weighted by atomic mass is 10.0. The van der Waals surface area contributed by atoms with Crippen molar-refractivity contribution in [1.29, 1.82) is 0 Å². The third-order valence-electron chi connectivity index (χ3n) is 4.06. The van der Waals surface area contributed by atoms with Gasteiger partial charge in [0.05, 0.1) is 0 Å². The van der Waals surface area contributed by atoms with Gasteiger partial charge < -0.3 is 11.1 Å². The molecule has 2 heteroatoms. The van der Waals surface area contributed by atoms with E-state index in [1.54, 1.807) is 11.1 Å². The molecule has 3 rings (SSSR count). The predicted octanol–water partition coefficient (Wildman–Crippen LogP) is 3.09. The second-order valence-electron chi connectivity index (χ2n) is 5.62. The van der Waals surface area contributed by atoms with Crippen LogP contribution in [0.3, 0.4) is 0 Å². The van der Waals surface area contributed by atoms with Crippen LogP contribution >= 0.6 is 0 Å². The number of aryl methyl sites for hydroxylation is 2. The average molecular weight is 266 g/mol. The lowest BCUT2D eigenvalue weighted by Gasteiger charge is -2.07. The molecule has 0 fully saturated rings. The summed E-state index contributed by atoms with van der Waals surface area (Å²) in [4.78, 5) is 0. The summed E-state index contributed by atoms with van der Waals surface area (Å²) >= 11 is 0. The normalized spacial score (nSPS) is 13.4. The van der Waals surface area contributed by atoms with Gasteiger partial charge in [-0.2, -0.15) is 0 Å². The first-order valence-electron chi connectivity index (χ1n) is 7.47. The molecule has 104 valence electrons. The Bertz CT molecular complexity index is 572. The van der Waals surface area contributed by atoms with Crippen LogP contribution in [0.5, 0.6) is 0 Å². The maximum absolute atomic E-state index is 5.68. The van der Waals surface area contributed by atoms with Gasteiger partial charge in [0, 0.05) is 12.2 Å². The molecule has 1 aliphatic carbocycles. The number of nitrogens with one attached hydrogen (secondary N) is 1. The molecule has 3 N–H and O–H groups in total. The highest BCUT2D eigenvalue weighted by Gasteiger charge is 2.10. The summed E-state index contributed by atoms with van der Waals surface area (Å²) in [6.07, 6.45) is 4.96. The van der Waals surface area contributed by atoms with E-state index < -0.39 is 0 Å². The number of nitrogens with two attached hydrogens (primary N) is 1. The molecule has 0 atom stereocenters. The van der Waals surface area contributed by atoms with Gasteiger partial charge in [0.2, 0.25) is 0 Å². The SMILES string of the molecule is Nc1ccc(CNCCc2ccc3c(c2)CCC3)cc1. The molecule has 2 aromatic rings. The third kappa shape index (κ3) is 3.20. The van der Waals surface area contributed by atoms with Gasteiger partial charge in [-0.05, 0) is 66.6 Å². The summed E-state index contributed by atoms with van der Waals surface area (Å²) in [7, 11) is 0. The zero-order valence-electron chi connectivity index (χ0n) is 11.9. The van der Waals surface area contributed by atoms with E-state index >= 15 is 0 Å². The standard InChI is InChI=1S/C18H22N2/c19-18-8-5-15(6-9-18)13-20-11-10-14-4-7-16-2-1-3-17(16)12-14/h4-9,12,20H,1-3,10-11,13,19H2. The minimum Gasteiger partial charge on any atom is -0.399 e. The molecule has 0 bridgehead atoms. The highest BCUT2D eigenvalue weighted by molar-refractivity contribution is 5.39. The lowest BCUT2D eigenvalue weighted by Crippen LogP contribution is -2.16. The Kier molecular flexibility index (Phi) is 4.03. The first kappa shape index (κ1) is 13.2. The van der Waals surface area contributed by atoms with Gasteiger partial charge in [-0.15, -0.1) is 0 Å². The van der Waals surface area contributed by atoms with Gasteiger partial charge in [0.25, 0.3) is 0 Å². The summed E-state index contributed by atoms with van der Waals surface area (Å²) in [5.74, 6) is 0. The predicted molar refractivity (Wildman–Crippen MR) is 84.7 cm³/mol. The topological polar surface area (TPSA) is 38.0 Å². The quantitative estimate of drug-likeness (QED) is 0.644. The second kappa shape index (κ2) is 6.10. The number of nitrogen functional groups attached to an aromatic ring is 1. The fraction of sp³-hybridized carbons (Fsp3) is 0.333. The molecule has 0 spiro atoms. The van der Waals surface area contributed by atoms with E-state index in [9.17, 15) is 0 Å². The van der Waals surface area contributed by atoms with Crippen molar-refractivity contribution in [1.82, 2.24) is 5.32 Å². The Labute approximate surface area is 121 Å². The molecule has 0 unspecified atom stereocenters. The molecule has 2 aromatic carbocycles. The van der Waals surface area contributed by atoms with Crippen LogP contribution < -0.4 is 11.1 Å². The Morgan fingerprint density at radius 1 is 0.900 bits per heavy atom. The molecule has 0 heterocycles. The third-order valence-corrected chi connectivity index (χ3v) is 4.06. The van der Waals surface area contributed by atoms with Crippen LogP contribution in [0, 0.1) is 0 Å². The van der Waals surface area contributed by atoms with Crippen molar-refractivity contribution < 1.29 is 0 Å². The minimum atomic E-state index is 0.826. The van der Waals surface area contributed by atoms with E-state index in [-0.39, 0.29) is 0 Å². The molecule has 0 saturated heterocycles. The van der Waals surface area contributed by atoms with Gasteiger partial charge in [-0.25, -0.2) is 0 Å². The van der Waals surface area contributed by atoms with Gasteiger partial charge >= 0.3 is 0 Å². The van der Waals surface area contributed by atoms with E-state index in [0.717, 1.165) is 25.2 Å². The van der Waals surface area contributed by atoms with E-state index in [2.05, 4.69) is 35.6 Å². The van der Waals surface area contributed by atoms with E-state index in [1.165, 1.54) is 30.4 Å². The molecular formula is C18H22N2. The average Bonchev–Trinajstić information content (AvgIpc) is 2.93. The van der Waals surface area contributed by atoms with Crippen LogP contribution in [-0.2, 0) is 25.8 Å². The fourth-order valence-corrected chi connectivity index (χ4v) is 2.88.